The van der Waals surface area contributed by atoms with E-state index in [1.54, 1.807) is 50.4 Å². The quantitative estimate of drug-likeness (QED) is 0.506. The first kappa shape index (κ1) is 24.4. The van der Waals surface area contributed by atoms with Gasteiger partial charge in [-0.1, -0.05) is 54.1 Å². The highest BCUT2D eigenvalue weighted by atomic mass is 32.2. The molecule has 0 bridgehead atoms. The van der Waals surface area contributed by atoms with Gasteiger partial charge in [0.1, 0.15) is 5.56 Å². The van der Waals surface area contributed by atoms with Crippen molar-refractivity contribution < 1.29 is 13.2 Å². The van der Waals surface area contributed by atoms with Crippen molar-refractivity contribution in [2.45, 2.75) is 45.7 Å². The van der Waals surface area contributed by atoms with E-state index in [0.29, 0.717) is 17.7 Å². The van der Waals surface area contributed by atoms with Gasteiger partial charge >= 0.3 is 0 Å². The van der Waals surface area contributed by atoms with Crippen molar-refractivity contribution in [1.82, 2.24) is 14.6 Å². The molecule has 0 atom stereocenters. The Bertz CT molecular complexity index is 1300. The first-order valence-electron chi connectivity index (χ1n) is 10.7. The van der Waals surface area contributed by atoms with Crippen molar-refractivity contribution in [2.24, 2.45) is 0 Å². The van der Waals surface area contributed by atoms with Gasteiger partial charge < -0.3 is 9.88 Å². The van der Waals surface area contributed by atoms with Gasteiger partial charge in [-0.05, 0) is 49.6 Å². The largest absolute Gasteiger partial charge is 0.348 e. The van der Waals surface area contributed by atoms with Crippen LogP contribution in [0.25, 0.3) is 0 Å². The van der Waals surface area contributed by atoms with Gasteiger partial charge in [0.2, 0.25) is 10.0 Å². The van der Waals surface area contributed by atoms with Crippen LogP contribution in [0.4, 0.5) is 0 Å². The maximum atomic E-state index is 12.9. The molecule has 3 aromatic rings. The smallest absolute Gasteiger partial charge is 0.263 e. The predicted molar refractivity (Wildman–Crippen MR) is 129 cm³/mol. The Balaban J connectivity index is 1.74. The third-order valence-corrected chi connectivity index (χ3v) is 6.54. The number of amides is 1. The molecule has 0 aliphatic heterocycles. The molecule has 2 N–H and O–H groups in total. The maximum absolute atomic E-state index is 12.9. The Morgan fingerprint density at radius 3 is 2.42 bits per heavy atom. The highest BCUT2D eigenvalue weighted by Crippen LogP contribution is 2.13. The van der Waals surface area contributed by atoms with Crippen LogP contribution in [-0.4, -0.2) is 24.9 Å². The number of carbonyl (C=O) groups excluding carboxylic acids is 1. The number of sulfonamides is 1. The molecule has 1 heterocycles. The average molecular weight is 468 g/mol. The summed E-state index contributed by atoms with van der Waals surface area (Å²) in [5, 5.41) is 2.76. The molecule has 2 aromatic carbocycles. The normalized spacial score (nSPS) is 11.5. The van der Waals surface area contributed by atoms with E-state index in [1.807, 2.05) is 31.2 Å². The van der Waals surface area contributed by atoms with E-state index in [4.69, 9.17) is 0 Å². The zero-order valence-electron chi connectivity index (χ0n) is 19.0. The number of hydrogen-bond donors (Lipinski definition) is 2. The molecule has 0 radical (unpaired) electrons. The summed E-state index contributed by atoms with van der Waals surface area (Å²) in [6.45, 7) is 5.98. The number of rotatable bonds is 9. The first-order chi connectivity index (χ1) is 15.6. The monoisotopic (exact) mass is 467 g/mol. The number of nitrogens with zero attached hydrogens (tertiary/aromatic N) is 1. The highest BCUT2D eigenvalue weighted by Gasteiger charge is 2.17. The summed E-state index contributed by atoms with van der Waals surface area (Å²) in [5.74, 6) is -0.692. The van der Waals surface area contributed by atoms with E-state index in [9.17, 15) is 18.0 Å². The highest BCUT2D eigenvalue weighted by molar-refractivity contribution is 7.88. The Kier molecular flexibility index (Phi) is 7.84. The number of nitrogens with one attached hydrogen (secondary N) is 2. The number of hydrogen-bond acceptors (Lipinski definition) is 4. The van der Waals surface area contributed by atoms with Crippen molar-refractivity contribution >= 4 is 15.9 Å². The number of aromatic nitrogens is 1. The minimum Gasteiger partial charge on any atom is -0.348 e. The minimum absolute atomic E-state index is 0.0386. The zero-order chi connectivity index (χ0) is 24.0. The van der Waals surface area contributed by atoms with E-state index >= 15 is 0 Å². The fraction of sp³-hybridized carbons (Fsp3) is 0.280. The standard InChI is InChI=1S/C25H29N3O4S/c1-18(2)27-33(31,32)17-22-11-5-4-10-21(22)15-26-24(29)23-12-7-13-28(25(23)30)16-20-9-6-8-19(3)14-20/h4-14,18,27H,15-17H2,1-3H3,(H,26,29). The lowest BCUT2D eigenvalue weighted by Crippen LogP contribution is -2.33. The molecule has 1 amide bonds. The van der Waals surface area contributed by atoms with E-state index in [2.05, 4.69) is 10.0 Å². The molecule has 174 valence electrons. The molecule has 7 nitrogen and oxygen atoms in total. The summed E-state index contributed by atoms with van der Waals surface area (Å²) in [6, 6.07) is 17.8. The molecular weight excluding hydrogens is 438 g/mol. The van der Waals surface area contributed by atoms with Crippen molar-refractivity contribution in [3.63, 3.8) is 0 Å². The lowest BCUT2D eigenvalue weighted by molar-refractivity contribution is 0.0948. The number of aryl methyl sites for hydroxylation is 1. The van der Waals surface area contributed by atoms with E-state index in [-0.39, 0.29) is 29.5 Å². The Labute approximate surface area is 194 Å². The van der Waals surface area contributed by atoms with Crippen molar-refractivity contribution in [1.29, 1.82) is 0 Å². The van der Waals surface area contributed by atoms with Crippen LogP contribution in [-0.2, 0) is 28.9 Å². The van der Waals surface area contributed by atoms with Crippen LogP contribution in [0.5, 0.6) is 0 Å². The van der Waals surface area contributed by atoms with Crippen LogP contribution < -0.4 is 15.6 Å². The molecule has 0 saturated heterocycles. The lowest BCUT2D eigenvalue weighted by atomic mass is 10.1. The number of pyridine rings is 1. The summed E-state index contributed by atoms with van der Waals surface area (Å²) in [6.07, 6.45) is 1.66. The molecule has 0 fully saturated rings. The van der Waals surface area contributed by atoms with Crippen LogP contribution >= 0.6 is 0 Å². The molecule has 3 rings (SSSR count). The fourth-order valence-electron chi connectivity index (χ4n) is 3.59. The van der Waals surface area contributed by atoms with Gasteiger partial charge in [0.05, 0.1) is 12.3 Å². The topological polar surface area (TPSA) is 97.3 Å². The lowest BCUT2D eigenvalue weighted by Gasteiger charge is -2.13. The summed E-state index contributed by atoms with van der Waals surface area (Å²) in [7, 11) is -3.51. The van der Waals surface area contributed by atoms with Crippen LogP contribution in [0.15, 0.2) is 71.7 Å². The van der Waals surface area contributed by atoms with Crippen LogP contribution in [0, 0.1) is 6.92 Å². The molecule has 0 aliphatic rings. The van der Waals surface area contributed by atoms with E-state index < -0.39 is 15.9 Å². The molecule has 33 heavy (non-hydrogen) atoms. The summed E-state index contributed by atoms with van der Waals surface area (Å²) < 4.78 is 28.7. The molecule has 8 heteroatoms. The summed E-state index contributed by atoms with van der Waals surface area (Å²) in [5.41, 5.74) is 3.00. The number of benzene rings is 2. The van der Waals surface area contributed by atoms with E-state index in [0.717, 1.165) is 11.1 Å². The van der Waals surface area contributed by atoms with Gasteiger partial charge in [-0.3, -0.25) is 9.59 Å². The summed E-state index contributed by atoms with van der Waals surface area (Å²) in [4.78, 5) is 25.7. The Morgan fingerprint density at radius 1 is 1.00 bits per heavy atom. The maximum Gasteiger partial charge on any atom is 0.263 e. The van der Waals surface area contributed by atoms with Crippen molar-refractivity contribution in [2.75, 3.05) is 0 Å². The average Bonchev–Trinajstić information content (AvgIpc) is 2.73. The number of carbonyl (C=O) groups is 1. The Hall–Kier alpha value is -3.23. The second-order valence-electron chi connectivity index (χ2n) is 8.33. The van der Waals surface area contributed by atoms with Gasteiger partial charge in [0, 0.05) is 18.8 Å². The van der Waals surface area contributed by atoms with Gasteiger partial charge in [0.15, 0.2) is 0 Å². The SMILES string of the molecule is Cc1cccc(Cn2cccc(C(=O)NCc3ccccc3CS(=O)(=O)NC(C)C)c2=O)c1. The van der Waals surface area contributed by atoms with Crippen LogP contribution in [0.1, 0.15) is 46.5 Å². The first-order valence-corrected chi connectivity index (χ1v) is 12.4. The van der Waals surface area contributed by atoms with Gasteiger partial charge in [-0.15, -0.1) is 0 Å². The zero-order valence-corrected chi connectivity index (χ0v) is 19.9. The van der Waals surface area contributed by atoms with Gasteiger partial charge in [0.25, 0.3) is 11.5 Å². The molecule has 0 saturated carbocycles. The second kappa shape index (κ2) is 10.6. The van der Waals surface area contributed by atoms with Crippen molar-refractivity contribution in [3.05, 3.63) is 105 Å². The van der Waals surface area contributed by atoms with E-state index in [1.165, 1.54) is 10.6 Å². The predicted octanol–water partition coefficient (Wildman–Crippen LogP) is 2.96. The summed E-state index contributed by atoms with van der Waals surface area (Å²) >= 11 is 0. The molecule has 0 aliphatic carbocycles. The third-order valence-electron chi connectivity index (χ3n) is 5.02. The fourth-order valence-corrected chi connectivity index (χ4v) is 5.08. The molecule has 1 aromatic heterocycles. The van der Waals surface area contributed by atoms with Crippen molar-refractivity contribution in [3.8, 4) is 0 Å². The van der Waals surface area contributed by atoms with Gasteiger partial charge in [-0.25, -0.2) is 13.1 Å². The second-order valence-corrected chi connectivity index (χ2v) is 10.1. The van der Waals surface area contributed by atoms with Crippen LogP contribution in [0.2, 0.25) is 0 Å². The molecular formula is C25H29N3O4S. The molecule has 0 unspecified atom stereocenters. The van der Waals surface area contributed by atoms with Gasteiger partial charge in [-0.2, -0.15) is 0 Å². The third kappa shape index (κ3) is 6.87. The molecule has 0 spiro atoms. The minimum atomic E-state index is -3.51. The Morgan fingerprint density at radius 2 is 1.73 bits per heavy atom. The van der Waals surface area contributed by atoms with Crippen LogP contribution in [0.3, 0.4) is 0 Å².